The molecule has 0 N–H and O–H groups in total. The maximum Gasteiger partial charge on any atom is 0.204 e. The lowest BCUT2D eigenvalue weighted by atomic mass is 9.84. The fraction of sp³-hybridized carbons (Fsp3) is 0.432. The van der Waals surface area contributed by atoms with Crippen molar-refractivity contribution in [1.82, 2.24) is 14.7 Å². The van der Waals surface area contributed by atoms with Crippen molar-refractivity contribution in [3.8, 4) is 46.3 Å². The Morgan fingerprint density at radius 2 is 1.43 bits per heavy atom. The molecule has 0 radical (unpaired) electrons. The number of rotatable bonds is 5. The average molecular weight is 715 g/mol. The summed E-state index contributed by atoms with van der Waals surface area (Å²) in [5, 5.41) is 9.58. The predicted octanol–water partition coefficient (Wildman–Crippen LogP) is 7.89. The van der Waals surface area contributed by atoms with E-state index in [2.05, 4.69) is 89.5 Å². The summed E-state index contributed by atoms with van der Waals surface area (Å²) in [7, 11) is 9.56. The van der Waals surface area contributed by atoms with Crippen LogP contribution in [0.5, 0.6) is 40.2 Å². The van der Waals surface area contributed by atoms with Gasteiger partial charge >= 0.3 is 0 Å². The standard InChI is InChI=1S/C44H50N4O5/c1-46-18-16-31-9-12-33-25-35(31)37(46)22-28-6-10-32(11-7-28)52-40-24-30(8-13-39(40)49-3)23-38-41-34(17-19-47(38)2)36(27-48-20-14-29(26-45)15-21-48)42(50-4)44(51-5)43(41)53-33/h6-13,24-25,29,37-38H,14-23,27H2,1-5H3/t37-,38-/m0/s1. The maximum absolute atomic E-state index is 9.58. The molecule has 276 valence electrons. The van der Waals surface area contributed by atoms with Crippen molar-refractivity contribution < 1.29 is 23.7 Å². The molecule has 4 aromatic carbocycles. The molecule has 0 aromatic heterocycles. The molecule has 9 nitrogen and oxygen atoms in total. The molecule has 5 heterocycles. The lowest BCUT2D eigenvalue weighted by molar-refractivity contribution is 0.190. The van der Waals surface area contributed by atoms with Crippen molar-refractivity contribution in [2.24, 2.45) is 5.92 Å². The Hall–Kier alpha value is -4.75. The minimum absolute atomic E-state index is 0.0208. The van der Waals surface area contributed by atoms with Crippen molar-refractivity contribution in [3.63, 3.8) is 0 Å². The number of nitrogens with zero attached hydrogens (tertiary/aromatic N) is 4. The van der Waals surface area contributed by atoms with Crippen molar-refractivity contribution in [3.05, 3.63) is 99.6 Å². The van der Waals surface area contributed by atoms with Gasteiger partial charge < -0.3 is 23.7 Å². The molecule has 5 aliphatic heterocycles. The van der Waals surface area contributed by atoms with Crippen LogP contribution in [0.3, 0.4) is 0 Å². The first-order valence-corrected chi connectivity index (χ1v) is 18.9. The smallest absolute Gasteiger partial charge is 0.204 e. The number of hydrogen-bond donors (Lipinski definition) is 0. The average Bonchev–Trinajstić information content (AvgIpc) is 3.18. The van der Waals surface area contributed by atoms with Crippen LogP contribution in [0.25, 0.3) is 0 Å². The van der Waals surface area contributed by atoms with Gasteiger partial charge in [-0.05, 0) is 130 Å². The van der Waals surface area contributed by atoms with Crippen molar-refractivity contribution in [1.29, 1.82) is 5.26 Å². The summed E-state index contributed by atoms with van der Waals surface area (Å²) in [5.41, 5.74) is 8.58. The number of likely N-dealkylation sites (tertiary alicyclic amines) is 1. The summed E-state index contributed by atoms with van der Waals surface area (Å²) in [6.07, 6.45) is 5.20. The molecule has 1 fully saturated rings. The Kier molecular flexibility index (Phi) is 9.95. The van der Waals surface area contributed by atoms with Gasteiger partial charge in [0.15, 0.2) is 23.0 Å². The van der Waals surface area contributed by atoms with Crippen LogP contribution in [0.4, 0.5) is 0 Å². The van der Waals surface area contributed by atoms with Gasteiger partial charge in [0.05, 0.1) is 27.4 Å². The Balaban J connectivity index is 1.32. The third-order valence-electron chi connectivity index (χ3n) is 12.0. The number of likely N-dealkylation sites (N-methyl/N-ethyl adjacent to an activating group) is 2. The fourth-order valence-electron chi connectivity index (χ4n) is 8.92. The molecular formula is C44H50N4O5. The SMILES string of the molecule is COc1ccc2cc1Oc1ccc(cc1)C[C@H]1c3cc(ccc3CCN1C)Oc1c(OC)c(OC)c(CN3CCC(C#N)CC3)c3c1[C@H](C2)N(C)CC3. The molecule has 0 aliphatic carbocycles. The Morgan fingerprint density at radius 3 is 2.17 bits per heavy atom. The Morgan fingerprint density at radius 1 is 0.736 bits per heavy atom. The first-order chi connectivity index (χ1) is 25.9. The first-order valence-electron chi connectivity index (χ1n) is 18.9. The van der Waals surface area contributed by atoms with Crippen LogP contribution >= 0.6 is 0 Å². The van der Waals surface area contributed by atoms with E-state index in [1.807, 2.05) is 6.07 Å². The number of nitriles is 1. The molecule has 2 atom stereocenters. The van der Waals surface area contributed by atoms with Gasteiger partial charge in [-0.15, -0.1) is 0 Å². The molecule has 9 heteroatoms. The molecule has 0 unspecified atom stereocenters. The number of benzene rings is 4. The van der Waals surface area contributed by atoms with E-state index >= 15 is 0 Å². The van der Waals surface area contributed by atoms with E-state index < -0.39 is 0 Å². The summed E-state index contributed by atoms with van der Waals surface area (Å²) in [6.45, 7) is 4.36. The molecular weight excluding hydrogens is 665 g/mol. The van der Waals surface area contributed by atoms with Gasteiger partial charge in [0, 0.05) is 48.8 Å². The van der Waals surface area contributed by atoms with Gasteiger partial charge in [-0.25, -0.2) is 0 Å². The van der Waals surface area contributed by atoms with Crippen LogP contribution in [-0.4, -0.2) is 76.3 Å². The van der Waals surface area contributed by atoms with Crippen LogP contribution in [0.15, 0.2) is 60.7 Å². The van der Waals surface area contributed by atoms with E-state index in [1.165, 1.54) is 22.3 Å². The molecule has 0 saturated carbocycles. The fourth-order valence-corrected chi connectivity index (χ4v) is 8.92. The minimum Gasteiger partial charge on any atom is -0.493 e. The highest BCUT2D eigenvalue weighted by Crippen LogP contribution is 2.53. The number of methoxy groups -OCH3 is 3. The van der Waals surface area contributed by atoms with Gasteiger partial charge in [0.1, 0.15) is 11.5 Å². The zero-order valence-electron chi connectivity index (χ0n) is 31.6. The van der Waals surface area contributed by atoms with Gasteiger partial charge in [0.25, 0.3) is 0 Å². The van der Waals surface area contributed by atoms with Crippen LogP contribution < -0.4 is 23.7 Å². The Bertz CT molecular complexity index is 2020. The Labute approximate surface area is 313 Å². The maximum atomic E-state index is 9.58. The van der Waals surface area contributed by atoms with Crippen LogP contribution in [0.1, 0.15) is 63.9 Å². The normalized spacial score (nSPS) is 20.6. The minimum atomic E-state index is -0.0208. The van der Waals surface area contributed by atoms with E-state index in [0.29, 0.717) is 23.0 Å². The van der Waals surface area contributed by atoms with Gasteiger partial charge in [0.2, 0.25) is 5.75 Å². The third kappa shape index (κ3) is 6.80. The molecule has 5 aliphatic rings. The summed E-state index contributed by atoms with van der Waals surface area (Å²) >= 11 is 0. The number of ether oxygens (including phenoxy) is 5. The van der Waals surface area contributed by atoms with Gasteiger partial charge in [-0.2, -0.15) is 5.26 Å². The monoisotopic (exact) mass is 714 g/mol. The largest absolute Gasteiger partial charge is 0.493 e. The second-order valence-electron chi connectivity index (χ2n) is 15.0. The van der Waals surface area contributed by atoms with Gasteiger partial charge in [-0.1, -0.05) is 24.3 Å². The van der Waals surface area contributed by atoms with E-state index in [4.69, 9.17) is 23.7 Å². The highest BCUT2D eigenvalue weighted by molar-refractivity contribution is 5.67. The molecule has 0 amide bonds. The van der Waals surface area contributed by atoms with E-state index in [-0.39, 0.29) is 18.0 Å². The van der Waals surface area contributed by atoms with Crippen molar-refractivity contribution in [2.75, 3.05) is 61.6 Å². The van der Waals surface area contributed by atoms with Crippen molar-refractivity contribution in [2.45, 2.75) is 57.2 Å². The quantitative estimate of drug-likeness (QED) is 0.205. The highest BCUT2D eigenvalue weighted by atomic mass is 16.5. The third-order valence-corrected chi connectivity index (χ3v) is 12.0. The molecule has 6 bridgehead atoms. The zero-order valence-corrected chi connectivity index (χ0v) is 31.6. The number of fused-ring (bicyclic) bond motifs is 2. The molecule has 53 heavy (non-hydrogen) atoms. The van der Waals surface area contributed by atoms with E-state index in [0.717, 1.165) is 105 Å². The van der Waals surface area contributed by atoms with Crippen LogP contribution in [-0.2, 0) is 32.2 Å². The first kappa shape index (κ1) is 35.3. The van der Waals surface area contributed by atoms with Crippen LogP contribution in [0, 0.1) is 17.2 Å². The predicted molar refractivity (Wildman–Crippen MR) is 205 cm³/mol. The van der Waals surface area contributed by atoms with E-state index in [9.17, 15) is 5.26 Å². The lowest BCUT2D eigenvalue weighted by Gasteiger charge is -2.39. The van der Waals surface area contributed by atoms with Crippen molar-refractivity contribution >= 4 is 0 Å². The highest BCUT2D eigenvalue weighted by Gasteiger charge is 2.37. The summed E-state index contributed by atoms with van der Waals surface area (Å²) < 4.78 is 32.1. The lowest BCUT2D eigenvalue weighted by Crippen LogP contribution is -2.37. The second kappa shape index (κ2) is 14.9. The number of piperidine rings is 1. The number of hydrogen-bond acceptors (Lipinski definition) is 9. The van der Waals surface area contributed by atoms with E-state index in [1.54, 1.807) is 21.3 Å². The summed E-state index contributed by atoms with van der Waals surface area (Å²) in [6, 6.07) is 24.0. The zero-order chi connectivity index (χ0) is 36.6. The topological polar surface area (TPSA) is 79.7 Å². The molecule has 9 rings (SSSR count). The molecule has 1 saturated heterocycles. The summed E-state index contributed by atoms with van der Waals surface area (Å²) in [4.78, 5) is 7.35. The molecule has 0 spiro atoms. The molecule has 4 aromatic rings. The second-order valence-corrected chi connectivity index (χ2v) is 15.0. The van der Waals surface area contributed by atoms with Gasteiger partial charge in [-0.3, -0.25) is 14.7 Å². The van der Waals surface area contributed by atoms with Crippen LogP contribution in [0.2, 0.25) is 0 Å². The summed E-state index contributed by atoms with van der Waals surface area (Å²) in [5.74, 6) is 5.13.